The fourth-order valence-electron chi connectivity index (χ4n) is 1.05. The third kappa shape index (κ3) is 2.76. The zero-order valence-electron chi connectivity index (χ0n) is 6.95. The molecule has 1 aliphatic rings. The third-order valence-electron chi connectivity index (χ3n) is 1.80. The van der Waals surface area contributed by atoms with Crippen LogP contribution < -0.4 is 0 Å². The molecule has 0 saturated heterocycles. The maximum absolute atomic E-state index is 8.58. The van der Waals surface area contributed by atoms with Gasteiger partial charge in [-0.25, -0.2) is 0 Å². The number of hydrogen-bond acceptors (Lipinski definition) is 2. The van der Waals surface area contributed by atoms with E-state index in [4.69, 9.17) is 5.11 Å². The van der Waals surface area contributed by atoms with E-state index >= 15 is 0 Å². The molecule has 0 atom stereocenters. The second-order valence-electron chi connectivity index (χ2n) is 2.84. The molecule has 0 aromatic rings. The molecule has 11 heavy (non-hydrogen) atoms. The summed E-state index contributed by atoms with van der Waals surface area (Å²) in [4.78, 5) is 2.20. The van der Waals surface area contributed by atoms with Crippen LogP contribution in [0.4, 0.5) is 0 Å². The maximum Gasteiger partial charge on any atom is 0.0447 e. The normalized spacial score (nSPS) is 16.9. The van der Waals surface area contributed by atoms with Crippen molar-refractivity contribution in [3.05, 3.63) is 23.9 Å². The Morgan fingerprint density at radius 3 is 3.00 bits per heavy atom. The van der Waals surface area contributed by atoms with E-state index in [-0.39, 0.29) is 6.61 Å². The molecule has 0 aromatic heterocycles. The van der Waals surface area contributed by atoms with E-state index in [1.165, 1.54) is 5.57 Å². The van der Waals surface area contributed by atoms with E-state index in [9.17, 15) is 0 Å². The molecule has 0 aromatic carbocycles. The van der Waals surface area contributed by atoms with Crippen molar-refractivity contribution in [3.8, 4) is 0 Å². The van der Waals surface area contributed by atoms with Crippen molar-refractivity contribution in [1.29, 1.82) is 0 Å². The molecule has 1 aliphatic heterocycles. The summed E-state index contributed by atoms with van der Waals surface area (Å²) in [7, 11) is 0. The van der Waals surface area contributed by atoms with E-state index in [1.54, 1.807) is 0 Å². The fourth-order valence-corrected chi connectivity index (χ4v) is 1.05. The first kappa shape index (κ1) is 8.34. The molecule has 1 rings (SSSR count). The summed E-state index contributed by atoms with van der Waals surface area (Å²) in [5.41, 5.74) is 1.32. The van der Waals surface area contributed by atoms with Gasteiger partial charge < -0.3 is 10.0 Å². The van der Waals surface area contributed by atoms with Crippen molar-refractivity contribution in [3.63, 3.8) is 0 Å². The zero-order chi connectivity index (χ0) is 8.10. The predicted octanol–water partition coefficient (Wildman–Crippen LogP) is 1.14. The molecule has 62 valence electrons. The summed E-state index contributed by atoms with van der Waals surface area (Å²) in [6.07, 6.45) is 7.24. The first-order valence-corrected chi connectivity index (χ1v) is 4.03. The minimum absolute atomic E-state index is 0.285. The number of allylic oxidation sites excluding steroid dienone is 2. The molecule has 1 N–H and O–H groups in total. The lowest BCUT2D eigenvalue weighted by atomic mass is 10.2. The predicted molar refractivity (Wildman–Crippen MR) is 46.2 cm³/mol. The van der Waals surface area contributed by atoms with Gasteiger partial charge in [0, 0.05) is 19.7 Å². The van der Waals surface area contributed by atoms with E-state index in [0.717, 1.165) is 19.5 Å². The fraction of sp³-hybridized carbons (Fsp3) is 0.556. The Kier molecular flexibility index (Phi) is 3.17. The first-order valence-electron chi connectivity index (χ1n) is 4.03. The second-order valence-corrected chi connectivity index (χ2v) is 2.84. The molecular weight excluding hydrogens is 138 g/mol. The van der Waals surface area contributed by atoms with E-state index in [2.05, 4.69) is 30.2 Å². The van der Waals surface area contributed by atoms with Crippen LogP contribution in [0.2, 0.25) is 0 Å². The zero-order valence-corrected chi connectivity index (χ0v) is 6.95. The van der Waals surface area contributed by atoms with Crippen LogP contribution in [-0.2, 0) is 0 Å². The van der Waals surface area contributed by atoms with Crippen LogP contribution in [0, 0.1) is 0 Å². The molecular formula is C9H15NO. The average molecular weight is 153 g/mol. The molecule has 0 saturated carbocycles. The highest BCUT2D eigenvalue weighted by molar-refractivity contribution is 5.19. The summed E-state index contributed by atoms with van der Waals surface area (Å²) in [5.74, 6) is 0. The number of hydrogen-bond donors (Lipinski definition) is 1. The van der Waals surface area contributed by atoms with Crippen LogP contribution in [0.1, 0.15) is 13.3 Å². The van der Waals surface area contributed by atoms with E-state index < -0.39 is 0 Å². The SMILES string of the molecule is CC1=CCN(CCCO)C=C1. The van der Waals surface area contributed by atoms with Crippen LogP contribution in [0.25, 0.3) is 0 Å². The molecule has 0 fully saturated rings. The van der Waals surface area contributed by atoms with Crippen molar-refractivity contribution in [2.75, 3.05) is 19.7 Å². The van der Waals surface area contributed by atoms with Crippen LogP contribution in [0.15, 0.2) is 23.9 Å². The monoisotopic (exact) mass is 153 g/mol. The second kappa shape index (κ2) is 4.19. The van der Waals surface area contributed by atoms with Gasteiger partial charge in [-0.3, -0.25) is 0 Å². The van der Waals surface area contributed by atoms with Crippen LogP contribution in [-0.4, -0.2) is 29.7 Å². The lowest BCUT2D eigenvalue weighted by Gasteiger charge is -2.21. The average Bonchev–Trinajstić information content (AvgIpc) is 2.04. The van der Waals surface area contributed by atoms with Gasteiger partial charge in [0.25, 0.3) is 0 Å². The molecule has 1 heterocycles. The Morgan fingerprint density at radius 2 is 2.45 bits per heavy atom. The minimum atomic E-state index is 0.285. The third-order valence-corrected chi connectivity index (χ3v) is 1.80. The number of nitrogens with zero attached hydrogens (tertiary/aromatic N) is 1. The smallest absolute Gasteiger partial charge is 0.0447 e. The van der Waals surface area contributed by atoms with Gasteiger partial charge in [0.15, 0.2) is 0 Å². The molecule has 0 spiro atoms. The quantitative estimate of drug-likeness (QED) is 0.657. The Morgan fingerprint density at radius 1 is 1.64 bits per heavy atom. The van der Waals surface area contributed by atoms with Gasteiger partial charge in [-0.15, -0.1) is 0 Å². The summed E-state index contributed by atoms with van der Waals surface area (Å²) in [5, 5.41) is 8.58. The van der Waals surface area contributed by atoms with Gasteiger partial charge in [-0.2, -0.15) is 0 Å². The molecule has 0 unspecified atom stereocenters. The van der Waals surface area contributed by atoms with Crippen LogP contribution in [0.3, 0.4) is 0 Å². The number of aliphatic hydroxyl groups is 1. The number of aliphatic hydroxyl groups excluding tert-OH is 1. The maximum atomic E-state index is 8.58. The topological polar surface area (TPSA) is 23.5 Å². The summed E-state index contributed by atoms with van der Waals surface area (Å²) < 4.78 is 0. The van der Waals surface area contributed by atoms with Gasteiger partial charge in [0.2, 0.25) is 0 Å². The standard InChI is InChI=1S/C9H15NO/c1-9-3-6-10(7-4-9)5-2-8-11/h3-4,6,11H,2,5,7-8H2,1H3. The van der Waals surface area contributed by atoms with Gasteiger partial charge in [0.05, 0.1) is 0 Å². The molecule has 0 amide bonds. The van der Waals surface area contributed by atoms with Crippen molar-refractivity contribution in [2.45, 2.75) is 13.3 Å². The number of rotatable bonds is 3. The van der Waals surface area contributed by atoms with Gasteiger partial charge in [-0.05, 0) is 25.6 Å². The largest absolute Gasteiger partial charge is 0.396 e. The van der Waals surface area contributed by atoms with Crippen LogP contribution >= 0.6 is 0 Å². The van der Waals surface area contributed by atoms with Crippen LogP contribution in [0.5, 0.6) is 0 Å². The lowest BCUT2D eigenvalue weighted by Crippen LogP contribution is -2.21. The Hall–Kier alpha value is -0.760. The Balaban J connectivity index is 2.25. The van der Waals surface area contributed by atoms with Gasteiger partial charge in [0.1, 0.15) is 0 Å². The highest BCUT2D eigenvalue weighted by Crippen LogP contribution is 2.05. The molecule has 0 radical (unpaired) electrons. The van der Waals surface area contributed by atoms with E-state index in [1.807, 2.05) is 0 Å². The Labute approximate surface area is 67.8 Å². The molecule has 0 aliphatic carbocycles. The Bertz CT molecular complexity index is 172. The van der Waals surface area contributed by atoms with Gasteiger partial charge in [-0.1, -0.05) is 11.6 Å². The minimum Gasteiger partial charge on any atom is -0.396 e. The van der Waals surface area contributed by atoms with Gasteiger partial charge >= 0.3 is 0 Å². The molecule has 0 bridgehead atoms. The summed E-state index contributed by atoms with van der Waals surface area (Å²) in [6.45, 7) is 4.33. The first-order chi connectivity index (χ1) is 5.33. The summed E-state index contributed by atoms with van der Waals surface area (Å²) >= 11 is 0. The van der Waals surface area contributed by atoms with Crippen molar-refractivity contribution in [1.82, 2.24) is 4.90 Å². The van der Waals surface area contributed by atoms with Crippen molar-refractivity contribution >= 4 is 0 Å². The summed E-state index contributed by atoms with van der Waals surface area (Å²) in [6, 6.07) is 0. The van der Waals surface area contributed by atoms with Crippen molar-refractivity contribution in [2.24, 2.45) is 0 Å². The van der Waals surface area contributed by atoms with Crippen molar-refractivity contribution < 1.29 is 5.11 Å². The highest BCUT2D eigenvalue weighted by atomic mass is 16.3. The highest BCUT2D eigenvalue weighted by Gasteiger charge is 1.99. The molecule has 2 nitrogen and oxygen atoms in total. The molecule has 2 heteroatoms. The van der Waals surface area contributed by atoms with E-state index in [0.29, 0.717) is 0 Å². The lowest BCUT2D eigenvalue weighted by molar-refractivity contribution is 0.264.